The van der Waals surface area contributed by atoms with Crippen LogP contribution in [-0.4, -0.2) is 22.3 Å². The lowest BCUT2D eigenvalue weighted by Crippen LogP contribution is -2.38. The Morgan fingerprint density at radius 1 is 1.29 bits per heavy atom. The van der Waals surface area contributed by atoms with E-state index in [4.69, 9.17) is 0 Å². The van der Waals surface area contributed by atoms with Crippen LogP contribution < -0.4 is 10.9 Å². The highest BCUT2D eigenvalue weighted by Crippen LogP contribution is 2.25. The van der Waals surface area contributed by atoms with Crippen molar-refractivity contribution in [3.05, 3.63) is 27.2 Å². The Morgan fingerprint density at radius 3 is 2.38 bits per heavy atom. The van der Waals surface area contributed by atoms with Gasteiger partial charge in [-0.25, -0.2) is 5.10 Å². The molecule has 21 heavy (non-hydrogen) atoms. The smallest absolute Gasteiger partial charge is 0.351 e. The second-order valence-electron chi connectivity index (χ2n) is 4.64. The predicted octanol–water partition coefficient (Wildman–Crippen LogP) is 1.71. The van der Waals surface area contributed by atoms with Crippen molar-refractivity contribution in [3.8, 4) is 0 Å². The van der Waals surface area contributed by atoms with Crippen molar-refractivity contribution >= 4 is 5.91 Å². The van der Waals surface area contributed by atoms with Crippen LogP contribution in [0.15, 0.2) is 4.79 Å². The first kappa shape index (κ1) is 17.2. The maximum Gasteiger partial charge on any atom is 0.400 e. The first-order valence-electron chi connectivity index (χ1n) is 6.66. The zero-order chi connectivity index (χ0) is 16.2. The van der Waals surface area contributed by atoms with Crippen LogP contribution in [0.2, 0.25) is 0 Å². The summed E-state index contributed by atoms with van der Waals surface area (Å²) in [6, 6.07) is 0. The Balaban J connectivity index is 2.94. The number of nitrogens with zero attached hydrogens (tertiary/aromatic N) is 1. The molecule has 0 radical (unpaired) electrons. The molecule has 0 aliphatic heterocycles. The molecule has 0 aliphatic carbocycles. The van der Waals surface area contributed by atoms with E-state index in [0.717, 1.165) is 6.92 Å². The van der Waals surface area contributed by atoms with E-state index in [1.165, 1.54) is 0 Å². The molecule has 1 aromatic heterocycles. The zero-order valence-electron chi connectivity index (χ0n) is 12.1. The minimum absolute atomic E-state index is 0.243. The Morgan fingerprint density at radius 2 is 1.90 bits per heavy atom. The number of H-pyrrole nitrogens is 1. The number of carbonyl (C=O) groups is 1. The van der Waals surface area contributed by atoms with Crippen molar-refractivity contribution in [3.63, 3.8) is 0 Å². The average molecular weight is 305 g/mol. The van der Waals surface area contributed by atoms with Gasteiger partial charge in [-0.05, 0) is 25.3 Å². The normalized spacial score (nSPS) is 13.0. The summed E-state index contributed by atoms with van der Waals surface area (Å²) in [7, 11) is 0. The van der Waals surface area contributed by atoms with Crippen molar-refractivity contribution in [1.82, 2.24) is 15.5 Å². The third-order valence-corrected chi connectivity index (χ3v) is 3.29. The van der Waals surface area contributed by atoms with Gasteiger partial charge >= 0.3 is 6.18 Å². The molecule has 0 bridgehead atoms. The fourth-order valence-electron chi connectivity index (χ4n) is 1.94. The van der Waals surface area contributed by atoms with E-state index >= 15 is 0 Å². The van der Waals surface area contributed by atoms with Gasteiger partial charge in [0.15, 0.2) is 0 Å². The predicted molar refractivity (Wildman–Crippen MR) is 70.7 cm³/mol. The lowest BCUT2D eigenvalue weighted by atomic mass is 10.0. The van der Waals surface area contributed by atoms with Crippen LogP contribution in [0.4, 0.5) is 13.2 Å². The van der Waals surface area contributed by atoms with Crippen molar-refractivity contribution in [2.45, 2.75) is 46.3 Å². The number of rotatable bonds is 5. The first-order valence-corrected chi connectivity index (χ1v) is 6.66. The molecular weight excluding hydrogens is 287 g/mol. The van der Waals surface area contributed by atoms with Crippen LogP contribution in [0.1, 0.15) is 37.6 Å². The van der Waals surface area contributed by atoms with Crippen LogP contribution in [0.5, 0.6) is 0 Å². The van der Waals surface area contributed by atoms with Gasteiger partial charge < -0.3 is 5.32 Å². The molecule has 1 amide bonds. The Hall–Kier alpha value is -1.86. The SMILES string of the molecule is CCc1n[nH]c(=O)c(CNC(=O)C(C)C(F)(F)F)c1CC. The number of halogens is 3. The molecular formula is C13H18F3N3O2. The van der Waals surface area contributed by atoms with E-state index in [2.05, 4.69) is 15.5 Å². The Bertz CT molecular complexity index is 567. The van der Waals surface area contributed by atoms with Crippen LogP contribution in [0.3, 0.4) is 0 Å². The number of hydrogen-bond acceptors (Lipinski definition) is 3. The molecule has 1 atom stereocenters. The summed E-state index contributed by atoms with van der Waals surface area (Å²) in [6.45, 7) is 4.21. The minimum Gasteiger partial charge on any atom is -0.351 e. The molecule has 0 aromatic carbocycles. The second-order valence-corrected chi connectivity index (χ2v) is 4.64. The monoisotopic (exact) mass is 305 g/mol. The molecule has 8 heteroatoms. The first-order chi connectivity index (χ1) is 9.72. The fraction of sp³-hybridized carbons (Fsp3) is 0.615. The topological polar surface area (TPSA) is 74.8 Å². The maximum absolute atomic E-state index is 12.4. The third-order valence-electron chi connectivity index (χ3n) is 3.29. The molecule has 1 unspecified atom stereocenters. The highest BCUT2D eigenvalue weighted by atomic mass is 19.4. The van der Waals surface area contributed by atoms with Crippen molar-refractivity contribution in [2.75, 3.05) is 0 Å². The van der Waals surface area contributed by atoms with Crippen LogP contribution in [0, 0.1) is 5.92 Å². The number of hydrogen-bond donors (Lipinski definition) is 2. The van der Waals surface area contributed by atoms with Gasteiger partial charge in [0.1, 0.15) is 5.92 Å². The van der Waals surface area contributed by atoms with Gasteiger partial charge in [-0.15, -0.1) is 0 Å². The molecule has 1 aromatic rings. The lowest BCUT2D eigenvalue weighted by molar-refractivity contribution is -0.178. The summed E-state index contributed by atoms with van der Waals surface area (Å²) in [5.74, 6) is -3.27. The molecule has 0 aliphatic rings. The summed E-state index contributed by atoms with van der Waals surface area (Å²) in [5.41, 5.74) is 1.10. The Kier molecular flexibility index (Phi) is 5.51. The van der Waals surface area contributed by atoms with Crippen molar-refractivity contribution in [2.24, 2.45) is 5.92 Å². The van der Waals surface area contributed by atoms with Gasteiger partial charge in [-0.3, -0.25) is 9.59 Å². The van der Waals surface area contributed by atoms with Gasteiger partial charge in [-0.2, -0.15) is 18.3 Å². The summed E-state index contributed by atoms with van der Waals surface area (Å²) in [5, 5.41) is 8.36. The van der Waals surface area contributed by atoms with E-state index in [-0.39, 0.29) is 12.1 Å². The highest BCUT2D eigenvalue weighted by Gasteiger charge is 2.41. The molecule has 0 fully saturated rings. The molecule has 0 saturated carbocycles. The maximum atomic E-state index is 12.4. The van der Waals surface area contributed by atoms with Crippen LogP contribution >= 0.6 is 0 Å². The van der Waals surface area contributed by atoms with Crippen LogP contribution in [0.25, 0.3) is 0 Å². The molecule has 0 saturated heterocycles. The number of nitrogens with one attached hydrogen (secondary N) is 2. The number of aromatic nitrogens is 2. The summed E-state index contributed by atoms with van der Waals surface area (Å²) in [6.07, 6.45) is -3.50. The van der Waals surface area contributed by atoms with Gasteiger partial charge in [0.25, 0.3) is 5.56 Å². The molecule has 118 valence electrons. The summed E-state index contributed by atoms with van der Waals surface area (Å²) < 4.78 is 37.3. The van der Waals surface area contributed by atoms with Gasteiger partial charge in [0, 0.05) is 12.1 Å². The molecule has 2 N–H and O–H groups in total. The lowest BCUT2D eigenvalue weighted by Gasteiger charge is -2.16. The van der Waals surface area contributed by atoms with E-state index < -0.39 is 23.6 Å². The highest BCUT2D eigenvalue weighted by molar-refractivity contribution is 5.79. The van der Waals surface area contributed by atoms with E-state index in [1.54, 1.807) is 0 Å². The zero-order valence-corrected chi connectivity index (χ0v) is 12.1. The van der Waals surface area contributed by atoms with Crippen molar-refractivity contribution < 1.29 is 18.0 Å². The average Bonchev–Trinajstić information content (AvgIpc) is 2.43. The summed E-state index contributed by atoms with van der Waals surface area (Å²) >= 11 is 0. The second kappa shape index (κ2) is 6.73. The largest absolute Gasteiger partial charge is 0.400 e. The van der Waals surface area contributed by atoms with Gasteiger partial charge in [0.2, 0.25) is 5.91 Å². The number of aromatic amines is 1. The van der Waals surface area contributed by atoms with E-state index in [0.29, 0.717) is 24.1 Å². The fourth-order valence-corrected chi connectivity index (χ4v) is 1.94. The third kappa shape index (κ3) is 4.05. The molecule has 0 spiro atoms. The standard InChI is InChI=1S/C13H18F3N3O2/c1-4-8-9(12(21)19-18-10(8)5-2)6-17-11(20)7(3)13(14,15)16/h7H,4-6H2,1-3H3,(H,17,20)(H,19,21). The van der Waals surface area contributed by atoms with E-state index in [9.17, 15) is 22.8 Å². The summed E-state index contributed by atoms with van der Waals surface area (Å²) in [4.78, 5) is 23.2. The Labute approximate surface area is 119 Å². The minimum atomic E-state index is -4.60. The molecule has 1 heterocycles. The number of carbonyl (C=O) groups excluding carboxylic acids is 1. The number of aryl methyl sites for hydroxylation is 1. The molecule has 5 nitrogen and oxygen atoms in total. The van der Waals surface area contributed by atoms with Gasteiger partial charge in [0.05, 0.1) is 5.69 Å². The van der Waals surface area contributed by atoms with Gasteiger partial charge in [-0.1, -0.05) is 13.8 Å². The molecule has 1 rings (SSSR count). The van der Waals surface area contributed by atoms with Crippen LogP contribution in [-0.2, 0) is 24.2 Å². The van der Waals surface area contributed by atoms with Crippen molar-refractivity contribution in [1.29, 1.82) is 0 Å². The number of amides is 1. The quantitative estimate of drug-likeness (QED) is 0.869. The number of alkyl halides is 3. The van der Waals surface area contributed by atoms with E-state index in [1.807, 2.05) is 13.8 Å².